The lowest BCUT2D eigenvalue weighted by atomic mass is 9.93. The Balaban J connectivity index is 0.00000261. The van der Waals surface area contributed by atoms with Crippen LogP contribution in [0.25, 0.3) is 11.4 Å². The van der Waals surface area contributed by atoms with Crippen LogP contribution in [0.4, 0.5) is 0 Å². The van der Waals surface area contributed by atoms with Crippen LogP contribution in [0.15, 0.2) is 28.8 Å². The highest BCUT2D eigenvalue weighted by atomic mass is 35.5. The molecule has 1 aromatic carbocycles. The SMILES string of the molecule is COc1ccccc1-c1noc(C(C)NC(=O)CCC2CCNCC2)n1.Cl. The Morgan fingerprint density at radius 1 is 1.37 bits per heavy atom. The molecule has 2 N–H and O–H groups in total. The summed E-state index contributed by atoms with van der Waals surface area (Å²) in [6.07, 6.45) is 3.75. The first-order valence-electron chi connectivity index (χ1n) is 9.14. The highest BCUT2D eigenvalue weighted by Gasteiger charge is 2.20. The predicted molar refractivity (Wildman–Crippen MR) is 105 cm³/mol. The molecule has 1 aliphatic rings. The fraction of sp³-hybridized carbons (Fsp3) is 0.526. The van der Waals surface area contributed by atoms with E-state index in [1.807, 2.05) is 31.2 Å². The minimum absolute atomic E-state index is 0. The minimum Gasteiger partial charge on any atom is -0.496 e. The van der Waals surface area contributed by atoms with E-state index in [1.165, 1.54) is 0 Å². The van der Waals surface area contributed by atoms with Crippen LogP contribution in [0.5, 0.6) is 5.75 Å². The number of hydrogen-bond acceptors (Lipinski definition) is 6. The summed E-state index contributed by atoms with van der Waals surface area (Å²) in [5, 5.41) is 10.3. The number of amides is 1. The monoisotopic (exact) mass is 394 g/mol. The molecule has 1 fully saturated rings. The summed E-state index contributed by atoms with van der Waals surface area (Å²) in [7, 11) is 1.60. The summed E-state index contributed by atoms with van der Waals surface area (Å²) in [5.74, 6) is 2.18. The molecule has 0 saturated carbocycles. The first kappa shape index (κ1) is 21.2. The number of hydrogen-bond donors (Lipinski definition) is 2. The van der Waals surface area contributed by atoms with Crippen molar-refractivity contribution >= 4 is 18.3 Å². The lowest BCUT2D eigenvalue weighted by Crippen LogP contribution is -2.30. The van der Waals surface area contributed by atoms with Gasteiger partial charge >= 0.3 is 0 Å². The third-order valence-corrected chi connectivity index (χ3v) is 4.78. The number of carbonyl (C=O) groups is 1. The third-order valence-electron chi connectivity index (χ3n) is 4.78. The van der Waals surface area contributed by atoms with E-state index in [2.05, 4.69) is 20.8 Å². The number of piperidine rings is 1. The van der Waals surface area contributed by atoms with Gasteiger partial charge in [0.05, 0.1) is 12.7 Å². The van der Waals surface area contributed by atoms with Gasteiger partial charge in [0.25, 0.3) is 0 Å². The molecule has 0 bridgehead atoms. The molecule has 1 unspecified atom stereocenters. The zero-order valence-corrected chi connectivity index (χ0v) is 16.6. The van der Waals surface area contributed by atoms with Crippen LogP contribution in [0.2, 0.25) is 0 Å². The molecule has 1 amide bonds. The molecule has 3 rings (SSSR count). The van der Waals surface area contributed by atoms with Gasteiger partial charge in [-0.15, -0.1) is 12.4 Å². The Bertz CT molecular complexity index is 731. The van der Waals surface area contributed by atoms with Gasteiger partial charge < -0.3 is 19.9 Å². The fourth-order valence-electron chi connectivity index (χ4n) is 3.23. The summed E-state index contributed by atoms with van der Waals surface area (Å²) >= 11 is 0. The van der Waals surface area contributed by atoms with Crippen molar-refractivity contribution in [1.82, 2.24) is 20.8 Å². The van der Waals surface area contributed by atoms with Crippen LogP contribution in [0, 0.1) is 5.92 Å². The standard InChI is InChI=1S/C19H26N4O3.ClH/c1-13(21-17(24)8-7-14-9-11-20-12-10-14)19-22-18(23-26-19)15-5-3-4-6-16(15)25-2;/h3-6,13-14,20H,7-12H2,1-2H3,(H,21,24);1H. The summed E-state index contributed by atoms with van der Waals surface area (Å²) < 4.78 is 10.7. The Labute approximate surface area is 165 Å². The van der Waals surface area contributed by atoms with Crippen LogP contribution in [-0.2, 0) is 4.79 Å². The summed E-state index contributed by atoms with van der Waals surface area (Å²) in [6, 6.07) is 7.16. The van der Waals surface area contributed by atoms with Crippen LogP contribution in [0.3, 0.4) is 0 Å². The molecule has 1 atom stereocenters. The van der Waals surface area contributed by atoms with Gasteiger partial charge in [-0.2, -0.15) is 4.98 Å². The maximum Gasteiger partial charge on any atom is 0.249 e. The molecule has 0 spiro atoms. The highest BCUT2D eigenvalue weighted by molar-refractivity contribution is 5.85. The second-order valence-corrected chi connectivity index (χ2v) is 6.68. The average Bonchev–Trinajstić information content (AvgIpc) is 3.17. The number of halogens is 1. The zero-order valence-electron chi connectivity index (χ0n) is 15.7. The first-order valence-corrected chi connectivity index (χ1v) is 9.14. The fourth-order valence-corrected chi connectivity index (χ4v) is 3.23. The third kappa shape index (κ3) is 5.68. The maximum absolute atomic E-state index is 12.2. The van der Waals surface area contributed by atoms with Crippen molar-refractivity contribution in [3.8, 4) is 17.1 Å². The van der Waals surface area contributed by atoms with E-state index in [4.69, 9.17) is 9.26 Å². The first-order chi connectivity index (χ1) is 12.7. The maximum atomic E-state index is 12.2. The van der Waals surface area contributed by atoms with Gasteiger partial charge in [0.1, 0.15) is 11.8 Å². The molecule has 2 aromatic rings. The minimum atomic E-state index is -0.327. The topological polar surface area (TPSA) is 89.3 Å². The van der Waals surface area contributed by atoms with Gasteiger partial charge in [0.2, 0.25) is 17.6 Å². The van der Waals surface area contributed by atoms with E-state index in [0.29, 0.717) is 29.8 Å². The largest absolute Gasteiger partial charge is 0.496 e. The number of benzene rings is 1. The highest BCUT2D eigenvalue weighted by Crippen LogP contribution is 2.28. The van der Waals surface area contributed by atoms with Crippen LogP contribution >= 0.6 is 12.4 Å². The van der Waals surface area contributed by atoms with E-state index in [9.17, 15) is 4.79 Å². The molecule has 148 valence electrons. The van der Waals surface area contributed by atoms with E-state index >= 15 is 0 Å². The van der Waals surface area contributed by atoms with Gasteiger partial charge in [-0.05, 0) is 57.3 Å². The van der Waals surface area contributed by atoms with Gasteiger partial charge in [-0.25, -0.2) is 0 Å². The van der Waals surface area contributed by atoms with Crippen molar-refractivity contribution < 1.29 is 14.1 Å². The molecule has 0 radical (unpaired) electrons. The van der Waals surface area contributed by atoms with E-state index < -0.39 is 0 Å². The zero-order chi connectivity index (χ0) is 18.4. The number of ether oxygens (including phenoxy) is 1. The van der Waals surface area contributed by atoms with E-state index in [0.717, 1.165) is 37.9 Å². The molecule has 1 aromatic heterocycles. The molecule has 8 heteroatoms. The summed E-state index contributed by atoms with van der Waals surface area (Å²) in [6.45, 7) is 3.95. The lowest BCUT2D eigenvalue weighted by molar-refractivity contribution is -0.122. The van der Waals surface area contributed by atoms with Crippen molar-refractivity contribution in [2.75, 3.05) is 20.2 Å². The normalized spacial score (nSPS) is 15.6. The molecular weight excluding hydrogens is 368 g/mol. The number of nitrogens with one attached hydrogen (secondary N) is 2. The van der Waals surface area contributed by atoms with Crippen molar-refractivity contribution in [1.29, 1.82) is 0 Å². The van der Waals surface area contributed by atoms with Gasteiger partial charge in [-0.1, -0.05) is 17.3 Å². The van der Waals surface area contributed by atoms with Crippen LogP contribution in [-0.4, -0.2) is 36.2 Å². The van der Waals surface area contributed by atoms with Crippen molar-refractivity contribution in [3.05, 3.63) is 30.2 Å². The molecule has 0 aliphatic carbocycles. The van der Waals surface area contributed by atoms with Crippen LogP contribution in [0.1, 0.15) is 44.5 Å². The predicted octanol–water partition coefficient (Wildman–Crippen LogP) is 3.12. The van der Waals surface area contributed by atoms with Gasteiger partial charge in [0, 0.05) is 6.42 Å². The van der Waals surface area contributed by atoms with E-state index in [1.54, 1.807) is 7.11 Å². The Hall–Kier alpha value is -2.12. The number of carbonyl (C=O) groups excluding carboxylic acids is 1. The van der Waals surface area contributed by atoms with Crippen molar-refractivity contribution in [2.45, 2.75) is 38.6 Å². The molecule has 1 saturated heterocycles. The van der Waals surface area contributed by atoms with Crippen molar-refractivity contribution in [2.24, 2.45) is 5.92 Å². The molecule has 27 heavy (non-hydrogen) atoms. The van der Waals surface area contributed by atoms with Gasteiger partial charge in [-0.3, -0.25) is 4.79 Å². The number of rotatable bonds is 7. The molecule has 1 aliphatic heterocycles. The number of methoxy groups -OCH3 is 1. The smallest absolute Gasteiger partial charge is 0.249 e. The molecule has 7 nitrogen and oxygen atoms in total. The number of para-hydroxylation sites is 1. The second-order valence-electron chi connectivity index (χ2n) is 6.68. The molecular formula is C19H27ClN4O3. The summed E-state index contributed by atoms with van der Waals surface area (Å²) in [4.78, 5) is 16.6. The Morgan fingerprint density at radius 2 is 2.11 bits per heavy atom. The number of nitrogens with zero attached hydrogens (tertiary/aromatic N) is 2. The molecule has 2 heterocycles. The second kappa shape index (κ2) is 10.3. The number of aromatic nitrogens is 2. The lowest BCUT2D eigenvalue weighted by Gasteiger charge is -2.22. The van der Waals surface area contributed by atoms with Crippen molar-refractivity contribution in [3.63, 3.8) is 0 Å². The average molecular weight is 395 g/mol. The van der Waals surface area contributed by atoms with Gasteiger partial charge in [0.15, 0.2) is 0 Å². The Morgan fingerprint density at radius 3 is 2.85 bits per heavy atom. The van der Waals surface area contributed by atoms with Crippen LogP contribution < -0.4 is 15.4 Å². The summed E-state index contributed by atoms with van der Waals surface area (Å²) in [5.41, 5.74) is 0.759. The Kier molecular flexibility index (Phi) is 8.06. The van der Waals surface area contributed by atoms with E-state index in [-0.39, 0.29) is 24.4 Å². The quantitative estimate of drug-likeness (QED) is 0.749.